The Balaban J connectivity index is 2.06. The SMILES string of the molecule is OCCc1ccc(Oc2nnc(C(F)(F)F)s2)cc1. The number of benzene rings is 1. The topological polar surface area (TPSA) is 55.2 Å². The first kappa shape index (κ1) is 13.8. The van der Waals surface area contributed by atoms with E-state index in [9.17, 15) is 13.2 Å². The van der Waals surface area contributed by atoms with Crippen molar-refractivity contribution < 1.29 is 23.0 Å². The van der Waals surface area contributed by atoms with Crippen molar-refractivity contribution in [2.45, 2.75) is 12.6 Å². The van der Waals surface area contributed by atoms with Gasteiger partial charge in [-0.2, -0.15) is 13.2 Å². The van der Waals surface area contributed by atoms with Gasteiger partial charge in [0.1, 0.15) is 5.75 Å². The highest BCUT2D eigenvalue weighted by Gasteiger charge is 2.36. The van der Waals surface area contributed by atoms with E-state index in [4.69, 9.17) is 9.84 Å². The van der Waals surface area contributed by atoms with Crippen LogP contribution in [0.4, 0.5) is 13.2 Å². The third-order valence-electron chi connectivity index (χ3n) is 2.18. The molecule has 0 saturated heterocycles. The second kappa shape index (κ2) is 5.54. The van der Waals surface area contributed by atoms with Crippen LogP contribution in [0.25, 0.3) is 0 Å². The summed E-state index contributed by atoms with van der Waals surface area (Å²) in [6, 6.07) is 6.63. The second-order valence-corrected chi connectivity index (χ2v) is 4.53. The van der Waals surface area contributed by atoms with Crippen molar-refractivity contribution in [3.8, 4) is 10.9 Å². The second-order valence-electron chi connectivity index (χ2n) is 3.59. The quantitative estimate of drug-likeness (QED) is 0.940. The van der Waals surface area contributed by atoms with Crippen molar-refractivity contribution in [3.63, 3.8) is 0 Å². The van der Waals surface area contributed by atoms with E-state index in [0.717, 1.165) is 5.56 Å². The summed E-state index contributed by atoms with van der Waals surface area (Å²) in [4.78, 5) is 0. The molecule has 4 nitrogen and oxygen atoms in total. The lowest BCUT2D eigenvalue weighted by molar-refractivity contribution is -0.138. The molecule has 0 aliphatic rings. The molecule has 19 heavy (non-hydrogen) atoms. The highest BCUT2D eigenvalue weighted by Crippen LogP contribution is 2.35. The molecule has 8 heteroatoms. The van der Waals surface area contributed by atoms with Gasteiger partial charge in [0.25, 0.3) is 5.19 Å². The molecule has 2 aromatic rings. The van der Waals surface area contributed by atoms with Crippen LogP contribution in [-0.2, 0) is 12.6 Å². The number of rotatable bonds is 4. The molecular weight excluding hydrogens is 281 g/mol. The zero-order valence-electron chi connectivity index (χ0n) is 9.52. The van der Waals surface area contributed by atoms with Gasteiger partial charge in [-0.25, -0.2) is 0 Å². The molecule has 0 spiro atoms. The molecule has 1 N–H and O–H groups in total. The first-order chi connectivity index (χ1) is 8.99. The van der Waals surface area contributed by atoms with Crippen LogP contribution >= 0.6 is 11.3 Å². The predicted molar refractivity (Wildman–Crippen MR) is 62.2 cm³/mol. The third kappa shape index (κ3) is 3.65. The first-order valence-corrected chi connectivity index (χ1v) is 6.09. The smallest absolute Gasteiger partial charge is 0.430 e. The summed E-state index contributed by atoms with van der Waals surface area (Å²) in [5, 5.41) is 13.9. The molecular formula is C11H9F3N2O2S. The minimum absolute atomic E-state index is 0.0333. The largest absolute Gasteiger partial charge is 0.445 e. The van der Waals surface area contributed by atoms with E-state index in [0.29, 0.717) is 23.5 Å². The molecule has 0 bridgehead atoms. The molecule has 0 radical (unpaired) electrons. The summed E-state index contributed by atoms with van der Waals surface area (Å²) >= 11 is 0.340. The molecule has 0 atom stereocenters. The molecule has 2 rings (SSSR count). The molecule has 1 aromatic heterocycles. The predicted octanol–water partition coefficient (Wildman–Crippen LogP) is 2.88. The number of nitrogens with zero attached hydrogens (tertiary/aromatic N) is 2. The van der Waals surface area contributed by atoms with Gasteiger partial charge < -0.3 is 9.84 Å². The van der Waals surface area contributed by atoms with Crippen LogP contribution in [0.15, 0.2) is 24.3 Å². The van der Waals surface area contributed by atoms with Gasteiger partial charge in [0.2, 0.25) is 5.01 Å². The number of aliphatic hydroxyl groups excluding tert-OH is 1. The maximum absolute atomic E-state index is 12.3. The van der Waals surface area contributed by atoms with Gasteiger partial charge in [-0.3, -0.25) is 0 Å². The number of alkyl halides is 3. The maximum atomic E-state index is 12.3. The van der Waals surface area contributed by atoms with Gasteiger partial charge in [0.15, 0.2) is 0 Å². The highest BCUT2D eigenvalue weighted by atomic mass is 32.1. The summed E-state index contributed by atoms with van der Waals surface area (Å²) in [5.41, 5.74) is 0.906. The van der Waals surface area contributed by atoms with E-state index >= 15 is 0 Å². The van der Waals surface area contributed by atoms with Gasteiger partial charge in [0.05, 0.1) is 0 Å². The molecule has 102 valence electrons. The van der Waals surface area contributed by atoms with Gasteiger partial charge in [0, 0.05) is 6.61 Å². The van der Waals surface area contributed by atoms with E-state index in [2.05, 4.69) is 10.2 Å². The fraction of sp³-hybridized carbons (Fsp3) is 0.273. The number of ether oxygens (including phenoxy) is 1. The molecule has 1 aromatic carbocycles. The Labute approximate surface area is 110 Å². The van der Waals surface area contributed by atoms with Crippen LogP contribution < -0.4 is 4.74 Å². The Bertz CT molecular complexity index is 540. The van der Waals surface area contributed by atoms with Crippen molar-refractivity contribution >= 4 is 11.3 Å². The fourth-order valence-corrected chi connectivity index (χ4v) is 1.90. The van der Waals surface area contributed by atoms with Crippen LogP contribution in [0, 0.1) is 0 Å². The number of halogens is 3. The van der Waals surface area contributed by atoms with Gasteiger partial charge in [-0.15, -0.1) is 5.10 Å². The van der Waals surface area contributed by atoms with Gasteiger partial charge in [-0.05, 0) is 24.1 Å². The Hall–Kier alpha value is -1.67. The number of aromatic nitrogens is 2. The summed E-state index contributed by atoms with van der Waals surface area (Å²) < 4.78 is 42.1. The average molecular weight is 290 g/mol. The molecule has 0 fully saturated rings. The van der Waals surface area contributed by atoms with E-state index in [-0.39, 0.29) is 11.8 Å². The van der Waals surface area contributed by atoms with Crippen molar-refractivity contribution in [1.29, 1.82) is 0 Å². The molecule has 0 unspecified atom stereocenters. The maximum Gasteiger partial charge on any atom is 0.445 e. The van der Waals surface area contributed by atoms with Crippen LogP contribution in [0.1, 0.15) is 10.6 Å². The molecule has 0 aliphatic heterocycles. The minimum atomic E-state index is -4.51. The first-order valence-electron chi connectivity index (χ1n) is 5.27. The van der Waals surface area contributed by atoms with Crippen LogP contribution in [0.5, 0.6) is 10.9 Å². The van der Waals surface area contributed by atoms with E-state index in [1.165, 1.54) is 0 Å². The van der Waals surface area contributed by atoms with Crippen molar-refractivity contribution in [2.24, 2.45) is 0 Å². The third-order valence-corrected chi connectivity index (χ3v) is 3.02. The number of aliphatic hydroxyl groups is 1. The van der Waals surface area contributed by atoms with Crippen LogP contribution in [-0.4, -0.2) is 21.9 Å². The van der Waals surface area contributed by atoms with Crippen molar-refractivity contribution in [3.05, 3.63) is 34.8 Å². The Morgan fingerprint density at radius 1 is 1.16 bits per heavy atom. The lowest BCUT2D eigenvalue weighted by atomic mass is 10.1. The normalized spacial score (nSPS) is 11.6. The Morgan fingerprint density at radius 3 is 2.37 bits per heavy atom. The fourth-order valence-electron chi connectivity index (χ4n) is 1.32. The van der Waals surface area contributed by atoms with Crippen LogP contribution in [0.3, 0.4) is 0 Å². The van der Waals surface area contributed by atoms with Gasteiger partial charge in [-0.1, -0.05) is 28.6 Å². The monoisotopic (exact) mass is 290 g/mol. The average Bonchev–Trinajstić information content (AvgIpc) is 2.80. The molecule has 0 aliphatic carbocycles. The summed E-state index contributed by atoms with van der Waals surface area (Å²) in [7, 11) is 0. The highest BCUT2D eigenvalue weighted by molar-refractivity contribution is 7.13. The zero-order chi connectivity index (χ0) is 13.9. The number of hydrogen-bond acceptors (Lipinski definition) is 5. The molecule has 1 heterocycles. The standard InChI is InChI=1S/C11H9F3N2O2S/c12-11(13,14)9-15-16-10(19-9)18-8-3-1-7(2-4-8)5-6-17/h1-4,17H,5-6H2. The van der Waals surface area contributed by atoms with E-state index in [1.807, 2.05) is 0 Å². The van der Waals surface area contributed by atoms with E-state index in [1.54, 1.807) is 24.3 Å². The number of hydrogen-bond donors (Lipinski definition) is 1. The Kier molecular flexibility index (Phi) is 4.01. The van der Waals surface area contributed by atoms with E-state index < -0.39 is 11.2 Å². The van der Waals surface area contributed by atoms with Crippen LogP contribution in [0.2, 0.25) is 0 Å². The summed E-state index contributed by atoms with van der Waals surface area (Å²) in [6.45, 7) is 0.0333. The molecule has 0 amide bonds. The minimum Gasteiger partial charge on any atom is -0.430 e. The Morgan fingerprint density at radius 2 is 1.84 bits per heavy atom. The molecule has 0 saturated carbocycles. The lowest BCUT2D eigenvalue weighted by Crippen LogP contribution is -2.03. The summed E-state index contributed by atoms with van der Waals surface area (Å²) in [5.74, 6) is 0.367. The summed E-state index contributed by atoms with van der Waals surface area (Å²) in [6.07, 6.45) is -4.00. The lowest BCUT2D eigenvalue weighted by Gasteiger charge is -2.02. The zero-order valence-corrected chi connectivity index (χ0v) is 10.3. The van der Waals surface area contributed by atoms with Crippen molar-refractivity contribution in [1.82, 2.24) is 10.2 Å². The van der Waals surface area contributed by atoms with Gasteiger partial charge >= 0.3 is 6.18 Å². The van der Waals surface area contributed by atoms with Crippen molar-refractivity contribution in [2.75, 3.05) is 6.61 Å².